The number of aromatic amines is 1. The number of nitrogens with one attached hydrogen (secondary N) is 1. The molecule has 0 radical (unpaired) electrons. The molecule has 1 aliphatic heterocycles. The van der Waals surface area contributed by atoms with Gasteiger partial charge >= 0.3 is 12.4 Å². The molecule has 214 valence electrons. The van der Waals surface area contributed by atoms with Crippen LogP contribution in [0.2, 0.25) is 0 Å². The highest BCUT2D eigenvalue weighted by Crippen LogP contribution is 2.41. The van der Waals surface area contributed by atoms with Crippen LogP contribution >= 0.6 is 9.24 Å². The first-order chi connectivity index (χ1) is 19.2. The smallest absolute Gasteiger partial charge is 0.352 e. The summed E-state index contributed by atoms with van der Waals surface area (Å²) in [6.07, 6.45) is -5.52. The normalized spacial score (nSPS) is 14.8. The van der Waals surface area contributed by atoms with Crippen molar-refractivity contribution in [1.29, 1.82) is 0 Å². The quantitative estimate of drug-likeness (QED) is 0.186. The van der Waals surface area contributed by atoms with Crippen LogP contribution in [0.3, 0.4) is 0 Å². The highest BCUT2D eigenvalue weighted by Gasteiger charge is 2.33. The molecule has 1 aliphatic rings. The van der Waals surface area contributed by atoms with E-state index in [0.717, 1.165) is 24.3 Å². The fourth-order valence-electron chi connectivity index (χ4n) is 4.57. The molecule has 13 heteroatoms. The third-order valence-corrected chi connectivity index (χ3v) is 6.96. The van der Waals surface area contributed by atoms with E-state index in [0.29, 0.717) is 41.2 Å². The van der Waals surface area contributed by atoms with Crippen LogP contribution in [-0.2, 0) is 18.0 Å². The van der Waals surface area contributed by atoms with Crippen LogP contribution in [0.15, 0.2) is 72.9 Å². The molecule has 5 rings (SSSR count). The van der Waals surface area contributed by atoms with Gasteiger partial charge in [-0.05, 0) is 48.4 Å². The third kappa shape index (κ3) is 6.12. The van der Waals surface area contributed by atoms with Gasteiger partial charge in [0.2, 0.25) is 0 Å². The molecule has 4 aromatic rings. The fourth-order valence-corrected chi connectivity index (χ4v) is 4.80. The van der Waals surface area contributed by atoms with Gasteiger partial charge in [0.05, 0.1) is 28.1 Å². The zero-order valence-electron chi connectivity index (χ0n) is 21.0. The first kappa shape index (κ1) is 28.7. The molecule has 41 heavy (non-hydrogen) atoms. The van der Waals surface area contributed by atoms with Crippen LogP contribution in [0.4, 0.5) is 40.9 Å². The van der Waals surface area contributed by atoms with E-state index >= 15 is 0 Å². The van der Waals surface area contributed by atoms with Gasteiger partial charge in [-0.3, -0.25) is 0 Å². The maximum absolute atomic E-state index is 14.1. The SMILES string of the molecule is FC(F)(F)c1ccc(-c2nc(C3=CCN(c4ncccc4C(F)(F)P)CC3)[nH]c2-c2ccc(C(F)(F)F)cc2)cc1. The number of H-pyrrole nitrogens is 1. The maximum atomic E-state index is 14.1. The van der Waals surface area contributed by atoms with Crippen molar-refractivity contribution in [2.75, 3.05) is 18.0 Å². The van der Waals surface area contributed by atoms with E-state index in [-0.39, 0.29) is 23.6 Å². The van der Waals surface area contributed by atoms with Crippen molar-refractivity contribution in [1.82, 2.24) is 15.0 Å². The summed E-state index contributed by atoms with van der Waals surface area (Å²) in [4.78, 5) is 13.6. The van der Waals surface area contributed by atoms with Crippen molar-refractivity contribution in [3.63, 3.8) is 0 Å². The number of anilines is 1. The summed E-state index contributed by atoms with van der Waals surface area (Å²) in [5.74, 6) is 0.505. The van der Waals surface area contributed by atoms with Gasteiger partial charge in [0.25, 0.3) is 5.66 Å². The van der Waals surface area contributed by atoms with Crippen LogP contribution in [0.1, 0.15) is 28.9 Å². The van der Waals surface area contributed by atoms with Crippen LogP contribution < -0.4 is 4.90 Å². The van der Waals surface area contributed by atoms with Crippen molar-refractivity contribution in [2.24, 2.45) is 0 Å². The van der Waals surface area contributed by atoms with Crippen LogP contribution in [0, 0.1) is 0 Å². The Morgan fingerprint density at radius 1 is 0.780 bits per heavy atom. The highest BCUT2D eigenvalue weighted by atomic mass is 31.0. The molecule has 0 saturated heterocycles. The monoisotopic (exact) mass is 596 g/mol. The van der Waals surface area contributed by atoms with Gasteiger partial charge in [0.1, 0.15) is 11.6 Å². The fraction of sp³-hybridized carbons (Fsp3) is 0.214. The summed E-state index contributed by atoms with van der Waals surface area (Å²) < 4.78 is 107. The lowest BCUT2D eigenvalue weighted by atomic mass is 10.0. The molecule has 0 spiro atoms. The predicted octanol–water partition coefficient (Wildman–Crippen LogP) is 8.39. The molecule has 2 aromatic carbocycles. The molecule has 4 nitrogen and oxygen atoms in total. The van der Waals surface area contributed by atoms with Crippen LogP contribution in [0.5, 0.6) is 0 Å². The Balaban J connectivity index is 1.51. The Hall–Kier alpha value is -3.79. The van der Waals surface area contributed by atoms with Crippen molar-refractivity contribution in [3.05, 3.63) is 95.5 Å². The van der Waals surface area contributed by atoms with Crippen LogP contribution in [-0.4, -0.2) is 28.0 Å². The summed E-state index contributed by atoms with van der Waals surface area (Å²) in [5, 5.41) is 0. The van der Waals surface area contributed by atoms with Gasteiger partial charge in [-0.15, -0.1) is 0 Å². The number of imidazole rings is 1. The molecule has 0 aliphatic carbocycles. The Morgan fingerprint density at radius 3 is 1.88 bits per heavy atom. The molecule has 3 heterocycles. The maximum Gasteiger partial charge on any atom is 0.416 e. The minimum Gasteiger partial charge on any atom is -0.352 e. The molecular formula is C28H21F8N4P. The number of aromatic nitrogens is 3. The van der Waals surface area contributed by atoms with Crippen molar-refractivity contribution in [2.45, 2.75) is 24.4 Å². The van der Waals surface area contributed by atoms with E-state index < -0.39 is 29.1 Å². The van der Waals surface area contributed by atoms with Crippen molar-refractivity contribution >= 4 is 20.6 Å². The molecule has 1 unspecified atom stereocenters. The van der Waals surface area contributed by atoms with Gasteiger partial charge in [-0.2, -0.15) is 35.1 Å². The molecular weight excluding hydrogens is 575 g/mol. The average Bonchev–Trinajstić information content (AvgIpc) is 3.37. The third-order valence-electron chi connectivity index (χ3n) is 6.65. The second-order valence-corrected chi connectivity index (χ2v) is 10.1. The Labute approximate surface area is 231 Å². The molecule has 0 saturated carbocycles. The van der Waals surface area contributed by atoms with E-state index in [2.05, 4.69) is 15.0 Å². The number of hydrogen-bond acceptors (Lipinski definition) is 3. The second kappa shape index (κ2) is 10.6. The first-order valence-corrected chi connectivity index (χ1v) is 12.8. The Kier molecular flexibility index (Phi) is 7.40. The summed E-state index contributed by atoms with van der Waals surface area (Å²) >= 11 is 0. The van der Waals surface area contributed by atoms with Crippen molar-refractivity contribution in [3.8, 4) is 22.5 Å². The first-order valence-electron chi connectivity index (χ1n) is 12.2. The van der Waals surface area contributed by atoms with Gasteiger partial charge in [-0.25, -0.2) is 9.97 Å². The van der Waals surface area contributed by atoms with Crippen molar-refractivity contribution < 1.29 is 35.1 Å². The molecule has 1 atom stereocenters. The van der Waals surface area contributed by atoms with Gasteiger partial charge in [0, 0.05) is 30.4 Å². The minimum atomic E-state index is -4.54. The van der Waals surface area contributed by atoms with Gasteiger partial charge in [-0.1, -0.05) is 39.6 Å². The molecule has 2 aromatic heterocycles. The summed E-state index contributed by atoms with van der Waals surface area (Å²) in [5.41, 5.74) is -3.15. The minimum absolute atomic E-state index is 0.137. The number of alkyl halides is 8. The van der Waals surface area contributed by atoms with Crippen LogP contribution in [0.25, 0.3) is 28.1 Å². The summed E-state index contributed by atoms with van der Waals surface area (Å²) in [7, 11) is 1.50. The summed E-state index contributed by atoms with van der Waals surface area (Å²) in [6, 6.07) is 11.4. The predicted molar refractivity (Wildman–Crippen MR) is 142 cm³/mol. The molecule has 0 fully saturated rings. The van der Waals surface area contributed by atoms with E-state index in [9.17, 15) is 35.1 Å². The Morgan fingerprint density at radius 2 is 1.37 bits per heavy atom. The second-order valence-electron chi connectivity index (χ2n) is 9.38. The van der Waals surface area contributed by atoms with E-state index in [1.807, 2.05) is 0 Å². The topological polar surface area (TPSA) is 44.8 Å². The number of rotatable bonds is 5. The summed E-state index contributed by atoms with van der Waals surface area (Å²) in [6.45, 7) is 0.550. The number of benzene rings is 2. The number of hydrogen-bond donors (Lipinski definition) is 1. The number of pyridine rings is 1. The largest absolute Gasteiger partial charge is 0.416 e. The van der Waals surface area contributed by atoms with E-state index in [4.69, 9.17) is 0 Å². The lowest BCUT2D eigenvalue weighted by Crippen LogP contribution is -2.31. The molecule has 0 amide bonds. The zero-order valence-corrected chi connectivity index (χ0v) is 22.1. The van der Waals surface area contributed by atoms with Gasteiger partial charge in [0.15, 0.2) is 0 Å². The van der Waals surface area contributed by atoms with E-state index in [1.54, 1.807) is 11.0 Å². The highest BCUT2D eigenvalue weighted by molar-refractivity contribution is 7.17. The molecule has 0 bridgehead atoms. The standard InChI is InChI=1S/C28H21F8N4P/c29-26(30,31)19-7-3-16(4-8-19)22-23(17-5-9-20(10-6-17)27(32,33)34)39-24(38-22)18-11-14-40(15-12-18)25-21(28(35,36)41)2-1-13-37-25/h1-11,13H,12,14-15,41H2,(H,38,39). The van der Waals surface area contributed by atoms with Gasteiger partial charge < -0.3 is 9.88 Å². The number of nitrogens with zero attached hydrogens (tertiary/aromatic N) is 3. The molecule has 1 N–H and O–H groups in total. The average molecular weight is 596 g/mol. The zero-order chi connectivity index (χ0) is 29.6. The lowest BCUT2D eigenvalue weighted by molar-refractivity contribution is -0.138. The Bertz CT molecular complexity index is 1490. The van der Waals surface area contributed by atoms with E-state index in [1.165, 1.54) is 51.8 Å². The lowest BCUT2D eigenvalue weighted by Gasteiger charge is -2.29. The number of halogens is 8.